The van der Waals surface area contributed by atoms with Gasteiger partial charge in [-0.1, -0.05) is 26.7 Å². The Hall–Kier alpha value is -0.850. The van der Waals surface area contributed by atoms with Crippen LogP contribution in [0.15, 0.2) is 23.5 Å². The van der Waals surface area contributed by atoms with E-state index in [-0.39, 0.29) is 0 Å². The van der Waals surface area contributed by atoms with Crippen LogP contribution in [0.3, 0.4) is 0 Å². The zero-order valence-corrected chi connectivity index (χ0v) is 7.97. The fourth-order valence-corrected chi connectivity index (χ4v) is 1.45. The van der Waals surface area contributed by atoms with Gasteiger partial charge in [0.1, 0.15) is 0 Å². The number of rotatable bonds is 4. The second-order valence-corrected chi connectivity index (χ2v) is 3.08. The molecule has 12 heavy (non-hydrogen) atoms. The van der Waals surface area contributed by atoms with Crippen molar-refractivity contribution >= 4 is 6.29 Å². The summed E-state index contributed by atoms with van der Waals surface area (Å²) >= 11 is 0. The number of carbonyl (C=O) groups excluding carboxylic acids is 1. The normalized spacial score (nSPS) is 14.3. The Morgan fingerprint density at radius 1 is 1.25 bits per heavy atom. The van der Waals surface area contributed by atoms with Crippen LogP contribution in [0.2, 0.25) is 0 Å². The standard InChI is InChI=1S/C11H17O/c1-3-6-10(7-4-2)11-8-5-9-12-11/h5,8-9H,3-4,6-7H2,1-2H3/q+1. The van der Waals surface area contributed by atoms with Gasteiger partial charge in [-0.05, 0) is 12.8 Å². The third-order valence-corrected chi connectivity index (χ3v) is 1.97. The van der Waals surface area contributed by atoms with Crippen LogP contribution in [0.25, 0.3) is 0 Å². The summed E-state index contributed by atoms with van der Waals surface area (Å²) < 4.78 is 5.36. The molecule has 0 amide bonds. The van der Waals surface area contributed by atoms with Gasteiger partial charge in [-0.25, -0.2) is 4.42 Å². The largest absolute Gasteiger partial charge is 0.352 e. The van der Waals surface area contributed by atoms with Gasteiger partial charge in [-0.3, -0.25) is 0 Å². The summed E-state index contributed by atoms with van der Waals surface area (Å²) in [6.07, 6.45) is 10.5. The summed E-state index contributed by atoms with van der Waals surface area (Å²) in [7, 11) is 0. The van der Waals surface area contributed by atoms with Crippen molar-refractivity contribution < 1.29 is 4.42 Å². The zero-order valence-electron chi connectivity index (χ0n) is 7.97. The predicted octanol–water partition coefficient (Wildman–Crippen LogP) is 3.15. The van der Waals surface area contributed by atoms with Crippen LogP contribution in [0, 0.1) is 0 Å². The molecule has 0 saturated carbocycles. The molecule has 66 valence electrons. The number of hydrogen-bond acceptors (Lipinski definition) is 0. The minimum Gasteiger partial charge on any atom is -0.216 e. The van der Waals surface area contributed by atoms with Crippen molar-refractivity contribution in [3.63, 3.8) is 0 Å². The molecule has 0 aromatic carbocycles. The van der Waals surface area contributed by atoms with E-state index < -0.39 is 0 Å². The molecular weight excluding hydrogens is 148 g/mol. The van der Waals surface area contributed by atoms with E-state index in [9.17, 15) is 0 Å². The Kier molecular flexibility index (Phi) is 3.78. The molecule has 1 rings (SSSR count). The highest BCUT2D eigenvalue weighted by atomic mass is 16.4. The third kappa shape index (κ3) is 2.33. The van der Waals surface area contributed by atoms with E-state index in [0.717, 1.165) is 5.76 Å². The average molecular weight is 165 g/mol. The third-order valence-electron chi connectivity index (χ3n) is 1.97. The van der Waals surface area contributed by atoms with Gasteiger partial charge in [0.25, 0.3) is 0 Å². The molecule has 0 aromatic heterocycles. The summed E-state index contributed by atoms with van der Waals surface area (Å²) in [5, 5.41) is 0. The minimum absolute atomic E-state index is 1.08. The Bertz CT molecular complexity index is 199. The van der Waals surface area contributed by atoms with Crippen LogP contribution in [0.4, 0.5) is 0 Å². The molecular formula is C11H17O+. The van der Waals surface area contributed by atoms with E-state index in [0.29, 0.717) is 0 Å². The molecule has 0 saturated heterocycles. The quantitative estimate of drug-likeness (QED) is 0.448. The van der Waals surface area contributed by atoms with Gasteiger partial charge in [-0.15, -0.1) is 0 Å². The molecule has 0 radical (unpaired) electrons. The molecule has 1 aliphatic rings. The van der Waals surface area contributed by atoms with Crippen LogP contribution in [0.1, 0.15) is 39.5 Å². The number of hydrogen-bond donors (Lipinski definition) is 0. The molecule has 0 aromatic rings. The van der Waals surface area contributed by atoms with Crippen molar-refractivity contribution in [3.8, 4) is 0 Å². The lowest BCUT2D eigenvalue weighted by molar-refractivity contribution is -0.382. The molecule has 0 atom stereocenters. The van der Waals surface area contributed by atoms with Crippen LogP contribution in [-0.2, 0) is 4.42 Å². The molecule has 0 spiro atoms. The van der Waals surface area contributed by atoms with Gasteiger partial charge < -0.3 is 0 Å². The van der Waals surface area contributed by atoms with E-state index >= 15 is 0 Å². The summed E-state index contributed by atoms with van der Waals surface area (Å²) in [5.74, 6) is 1.08. The summed E-state index contributed by atoms with van der Waals surface area (Å²) in [4.78, 5) is 0. The maximum absolute atomic E-state index is 5.36. The monoisotopic (exact) mass is 165 g/mol. The molecule has 0 fully saturated rings. The van der Waals surface area contributed by atoms with Gasteiger partial charge in [0, 0.05) is 11.6 Å². The maximum Gasteiger partial charge on any atom is 0.352 e. The van der Waals surface area contributed by atoms with Crippen molar-refractivity contribution in [1.29, 1.82) is 0 Å². The highest BCUT2D eigenvalue weighted by Crippen LogP contribution is 2.18. The molecule has 1 heterocycles. The average Bonchev–Trinajstić information content (AvgIpc) is 2.56. The maximum atomic E-state index is 5.36. The van der Waals surface area contributed by atoms with E-state index in [1.54, 1.807) is 6.29 Å². The molecule has 1 heteroatoms. The molecule has 0 aliphatic carbocycles. The highest BCUT2D eigenvalue weighted by molar-refractivity contribution is 5.69. The van der Waals surface area contributed by atoms with Crippen molar-refractivity contribution in [2.75, 3.05) is 0 Å². The van der Waals surface area contributed by atoms with Crippen LogP contribution >= 0.6 is 0 Å². The zero-order chi connectivity index (χ0) is 8.81. The smallest absolute Gasteiger partial charge is 0.216 e. The first-order valence-corrected chi connectivity index (χ1v) is 4.77. The molecule has 0 unspecified atom stereocenters. The summed E-state index contributed by atoms with van der Waals surface area (Å²) in [5.41, 5.74) is 1.46. The van der Waals surface area contributed by atoms with Gasteiger partial charge in [0.2, 0.25) is 0 Å². The number of allylic oxidation sites excluding steroid dienone is 3. The highest BCUT2D eigenvalue weighted by Gasteiger charge is 2.14. The van der Waals surface area contributed by atoms with Crippen molar-refractivity contribution in [2.45, 2.75) is 39.5 Å². The Morgan fingerprint density at radius 3 is 2.33 bits per heavy atom. The Balaban J connectivity index is 2.68. The lowest BCUT2D eigenvalue weighted by Crippen LogP contribution is -1.88. The van der Waals surface area contributed by atoms with Crippen molar-refractivity contribution in [3.05, 3.63) is 23.5 Å². The lowest BCUT2D eigenvalue weighted by Gasteiger charge is -1.98. The first-order valence-electron chi connectivity index (χ1n) is 4.77. The van der Waals surface area contributed by atoms with Crippen LogP contribution in [-0.4, -0.2) is 6.29 Å². The number of aldehydes is 1. The van der Waals surface area contributed by atoms with Gasteiger partial charge >= 0.3 is 12.0 Å². The van der Waals surface area contributed by atoms with E-state index in [4.69, 9.17) is 4.42 Å². The topological polar surface area (TPSA) is 11.3 Å². The van der Waals surface area contributed by atoms with Crippen LogP contribution in [0.5, 0.6) is 0 Å². The Morgan fingerprint density at radius 2 is 1.92 bits per heavy atom. The fourth-order valence-electron chi connectivity index (χ4n) is 1.45. The molecule has 0 N–H and O–H groups in total. The van der Waals surface area contributed by atoms with E-state index in [1.165, 1.54) is 31.3 Å². The lowest BCUT2D eigenvalue weighted by atomic mass is 10.0. The minimum atomic E-state index is 1.08. The van der Waals surface area contributed by atoms with Gasteiger partial charge in [-0.2, -0.15) is 0 Å². The fraction of sp³-hybridized carbons (Fsp3) is 0.545. The second kappa shape index (κ2) is 4.91. The van der Waals surface area contributed by atoms with Gasteiger partial charge in [0.15, 0.2) is 0 Å². The Labute approximate surface area is 74.5 Å². The molecule has 1 nitrogen and oxygen atoms in total. The van der Waals surface area contributed by atoms with E-state index in [1.807, 2.05) is 6.08 Å². The van der Waals surface area contributed by atoms with Crippen molar-refractivity contribution in [1.82, 2.24) is 0 Å². The SMILES string of the molecule is CCCC(CCC)=C1C=CC=[O+]1. The first-order chi connectivity index (χ1) is 5.88. The molecule has 0 bridgehead atoms. The second-order valence-electron chi connectivity index (χ2n) is 3.08. The molecule has 1 aliphatic heterocycles. The first kappa shape index (κ1) is 9.24. The summed E-state index contributed by atoms with van der Waals surface area (Å²) in [6, 6.07) is 0. The summed E-state index contributed by atoms with van der Waals surface area (Å²) in [6.45, 7) is 4.41. The van der Waals surface area contributed by atoms with E-state index in [2.05, 4.69) is 19.9 Å². The van der Waals surface area contributed by atoms with Gasteiger partial charge in [0.05, 0.1) is 6.08 Å². The predicted molar refractivity (Wildman–Crippen MR) is 52.0 cm³/mol. The van der Waals surface area contributed by atoms with Crippen molar-refractivity contribution in [2.24, 2.45) is 0 Å². The van der Waals surface area contributed by atoms with Crippen LogP contribution < -0.4 is 0 Å².